The number of carbonyl (C=O) groups excluding carboxylic acids is 1. The van der Waals surface area contributed by atoms with E-state index in [1.165, 1.54) is 10.5 Å². The molecule has 1 aliphatic heterocycles. The Kier molecular flexibility index (Phi) is 7.02. The summed E-state index contributed by atoms with van der Waals surface area (Å²) in [5.41, 5.74) is 4.13. The molecule has 0 atom stereocenters. The van der Waals surface area contributed by atoms with E-state index >= 15 is 0 Å². The highest BCUT2D eigenvalue weighted by atomic mass is 32.2. The molecular formula is C27H33N7OS. The molecule has 2 aromatic heterocycles. The maximum absolute atomic E-state index is 12.1. The first kappa shape index (κ1) is 24.4. The van der Waals surface area contributed by atoms with Crippen molar-refractivity contribution in [3.8, 4) is 0 Å². The van der Waals surface area contributed by atoms with Gasteiger partial charge in [0.05, 0.1) is 5.69 Å². The Morgan fingerprint density at radius 1 is 1.19 bits per heavy atom. The van der Waals surface area contributed by atoms with Crippen LogP contribution in [-0.4, -0.2) is 44.7 Å². The second-order valence-corrected chi connectivity index (χ2v) is 11.1. The summed E-state index contributed by atoms with van der Waals surface area (Å²) in [5, 5.41) is 13.9. The highest BCUT2D eigenvalue weighted by Gasteiger charge is 2.29. The van der Waals surface area contributed by atoms with Gasteiger partial charge in [-0.25, -0.2) is 4.98 Å². The minimum Gasteiger partial charge on any atom is -0.326 e. The van der Waals surface area contributed by atoms with Gasteiger partial charge >= 0.3 is 0 Å². The maximum atomic E-state index is 12.1. The molecule has 1 aliphatic carbocycles. The molecule has 5 rings (SSSR count). The van der Waals surface area contributed by atoms with Crippen molar-refractivity contribution in [2.75, 3.05) is 24.7 Å². The number of aryl methyl sites for hydroxylation is 1. The fourth-order valence-corrected chi connectivity index (χ4v) is 5.12. The molecular weight excluding hydrogens is 470 g/mol. The van der Waals surface area contributed by atoms with Gasteiger partial charge in [-0.05, 0) is 94.4 Å². The number of rotatable bonds is 8. The molecule has 188 valence electrons. The normalized spacial score (nSPS) is 15.9. The van der Waals surface area contributed by atoms with E-state index in [1.807, 2.05) is 25.1 Å². The number of carbonyl (C=O) groups is 1. The number of hydrogen-bond donors (Lipinski definition) is 3. The molecule has 0 saturated heterocycles. The van der Waals surface area contributed by atoms with Gasteiger partial charge in [0.2, 0.25) is 5.91 Å². The van der Waals surface area contributed by atoms with Gasteiger partial charge in [-0.1, -0.05) is 11.8 Å². The van der Waals surface area contributed by atoms with E-state index in [1.54, 1.807) is 11.8 Å². The zero-order valence-electron chi connectivity index (χ0n) is 21.3. The number of nitrogens with one attached hydrogen (secondary N) is 3. The number of allylic oxidation sites excluding steroid dienone is 2. The highest BCUT2D eigenvalue weighted by Crippen LogP contribution is 2.36. The zero-order valence-corrected chi connectivity index (χ0v) is 22.1. The lowest BCUT2D eigenvalue weighted by Gasteiger charge is -2.19. The lowest BCUT2D eigenvalue weighted by atomic mass is 10.1. The summed E-state index contributed by atoms with van der Waals surface area (Å²) >= 11 is 1.76. The van der Waals surface area contributed by atoms with E-state index in [2.05, 4.69) is 75.7 Å². The molecule has 1 aromatic carbocycles. The molecule has 0 bridgehead atoms. The molecule has 1 amide bonds. The SMILES string of the molecule is CC1=C(Nc2cc(C)[nH]n2)n2cc(CN(C)C)nc2C=C(Sc2ccc(NC(=O)C3CC3)cc2)CC1. The van der Waals surface area contributed by atoms with Crippen LogP contribution in [0, 0.1) is 12.8 Å². The third kappa shape index (κ3) is 5.91. The number of nitrogens with zero attached hydrogens (tertiary/aromatic N) is 4. The largest absolute Gasteiger partial charge is 0.326 e. The smallest absolute Gasteiger partial charge is 0.227 e. The molecule has 2 aliphatic rings. The van der Waals surface area contributed by atoms with Gasteiger partial charge in [0, 0.05) is 41.0 Å². The monoisotopic (exact) mass is 503 g/mol. The van der Waals surface area contributed by atoms with E-state index in [9.17, 15) is 4.79 Å². The first-order valence-corrected chi connectivity index (χ1v) is 13.2. The van der Waals surface area contributed by atoms with Crippen LogP contribution in [0.15, 0.2) is 51.9 Å². The number of aromatic nitrogens is 4. The van der Waals surface area contributed by atoms with Gasteiger partial charge in [-0.3, -0.25) is 14.5 Å². The molecule has 3 heterocycles. The lowest BCUT2D eigenvalue weighted by molar-refractivity contribution is -0.117. The Morgan fingerprint density at radius 3 is 2.64 bits per heavy atom. The Morgan fingerprint density at radius 2 is 1.97 bits per heavy atom. The average molecular weight is 504 g/mol. The summed E-state index contributed by atoms with van der Waals surface area (Å²) in [7, 11) is 4.11. The number of imidazole rings is 1. The predicted octanol–water partition coefficient (Wildman–Crippen LogP) is 5.55. The molecule has 1 saturated carbocycles. The van der Waals surface area contributed by atoms with Crippen molar-refractivity contribution in [2.45, 2.75) is 51.0 Å². The summed E-state index contributed by atoms with van der Waals surface area (Å²) < 4.78 is 2.15. The number of benzene rings is 1. The minimum atomic E-state index is 0.134. The van der Waals surface area contributed by atoms with Gasteiger partial charge in [0.15, 0.2) is 5.82 Å². The molecule has 3 aromatic rings. The molecule has 8 nitrogen and oxygen atoms in total. The van der Waals surface area contributed by atoms with E-state index in [4.69, 9.17) is 4.98 Å². The van der Waals surface area contributed by atoms with Crippen LogP contribution in [0.5, 0.6) is 0 Å². The zero-order chi connectivity index (χ0) is 25.2. The van der Waals surface area contributed by atoms with Crippen LogP contribution in [0.2, 0.25) is 0 Å². The first-order chi connectivity index (χ1) is 17.3. The van der Waals surface area contributed by atoms with Gasteiger partial charge in [0.25, 0.3) is 0 Å². The van der Waals surface area contributed by atoms with E-state index in [0.717, 1.165) is 71.7 Å². The van der Waals surface area contributed by atoms with Gasteiger partial charge in [-0.2, -0.15) is 5.10 Å². The Hall–Kier alpha value is -3.30. The molecule has 0 unspecified atom stereocenters. The maximum Gasteiger partial charge on any atom is 0.227 e. The third-order valence-electron chi connectivity index (χ3n) is 6.21. The summed E-state index contributed by atoms with van der Waals surface area (Å²) in [4.78, 5) is 21.5. The van der Waals surface area contributed by atoms with Crippen LogP contribution in [0.1, 0.15) is 49.8 Å². The third-order valence-corrected chi connectivity index (χ3v) is 7.31. The number of H-pyrrole nitrogens is 1. The number of amides is 1. The van der Waals surface area contributed by atoms with Crippen LogP contribution in [0.25, 0.3) is 11.9 Å². The van der Waals surface area contributed by atoms with Crippen molar-refractivity contribution in [3.05, 3.63) is 64.2 Å². The Balaban J connectivity index is 1.40. The van der Waals surface area contributed by atoms with E-state index in [0.29, 0.717) is 0 Å². The van der Waals surface area contributed by atoms with Gasteiger partial charge < -0.3 is 15.5 Å². The standard InChI is InChI=1S/C27H33N7OS/c1-17-5-10-23(36-22-11-8-20(9-12-22)29-27(35)19-6-7-19)14-25-28-21(15-33(3)4)16-34(25)26(17)30-24-13-18(2)31-32-24/h8-9,11-14,16,19H,5-7,10,15H2,1-4H3,(H,29,35)(H2,30,31,32). The molecule has 0 spiro atoms. The molecule has 0 radical (unpaired) electrons. The van der Waals surface area contributed by atoms with Gasteiger partial charge in [0.1, 0.15) is 11.6 Å². The minimum absolute atomic E-state index is 0.134. The van der Waals surface area contributed by atoms with Crippen LogP contribution >= 0.6 is 11.8 Å². The number of fused-ring (bicyclic) bond motifs is 1. The van der Waals surface area contributed by atoms with Crippen molar-refractivity contribution < 1.29 is 4.79 Å². The van der Waals surface area contributed by atoms with Crippen molar-refractivity contribution >= 4 is 41.1 Å². The second-order valence-electron chi connectivity index (χ2n) is 9.89. The lowest BCUT2D eigenvalue weighted by Crippen LogP contribution is -2.13. The molecule has 1 fully saturated rings. The van der Waals surface area contributed by atoms with Crippen molar-refractivity contribution in [1.29, 1.82) is 0 Å². The van der Waals surface area contributed by atoms with Crippen LogP contribution in [-0.2, 0) is 11.3 Å². The predicted molar refractivity (Wildman–Crippen MR) is 146 cm³/mol. The topological polar surface area (TPSA) is 90.9 Å². The van der Waals surface area contributed by atoms with Gasteiger partial charge in [-0.15, -0.1) is 0 Å². The van der Waals surface area contributed by atoms with Crippen LogP contribution in [0.3, 0.4) is 0 Å². The molecule has 9 heteroatoms. The Labute approximate surface area is 216 Å². The van der Waals surface area contributed by atoms with Crippen molar-refractivity contribution in [2.24, 2.45) is 5.92 Å². The van der Waals surface area contributed by atoms with Crippen LogP contribution < -0.4 is 10.6 Å². The quantitative estimate of drug-likeness (QED) is 0.373. The first-order valence-electron chi connectivity index (χ1n) is 12.4. The van der Waals surface area contributed by atoms with Crippen molar-refractivity contribution in [1.82, 2.24) is 24.6 Å². The number of thioether (sulfide) groups is 1. The number of hydrogen-bond acceptors (Lipinski definition) is 6. The number of aromatic amines is 1. The van der Waals surface area contributed by atoms with Crippen LogP contribution in [0.4, 0.5) is 11.5 Å². The molecule has 3 N–H and O–H groups in total. The fraction of sp³-hybridized carbons (Fsp3) is 0.370. The summed E-state index contributed by atoms with van der Waals surface area (Å²) in [6.07, 6.45) is 8.15. The summed E-state index contributed by atoms with van der Waals surface area (Å²) in [5.74, 6) is 3.04. The second kappa shape index (κ2) is 10.4. The highest BCUT2D eigenvalue weighted by molar-refractivity contribution is 8.03. The fourth-order valence-electron chi connectivity index (χ4n) is 4.18. The van der Waals surface area contributed by atoms with E-state index < -0.39 is 0 Å². The molecule has 36 heavy (non-hydrogen) atoms. The average Bonchev–Trinajstić information content (AvgIpc) is 3.51. The summed E-state index contributed by atoms with van der Waals surface area (Å²) in [6, 6.07) is 10.1. The summed E-state index contributed by atoms with van der Waals surface area (Å²) in [6.45, 7) is 4.93. The van der Waals surface area contributed by atoms with Crippen molar-refractivity contribution in [3.63, 3.8) is 0 Å². The Bertz CT molecular complexity index is 1310. The number of anilines is 2. The van der Waals surface area contributed by atoms with E-state index in [-0.39, 0.29) is 11.8 Å².